The Morgan fingerprint density at radius 2 is 1.45 bits per heavy atom. The molecule has 13 heteroatoms. The van der Waals surface area contributed by atoms with Crippen molar-refractivity contribution in [3.8, 4) is 22.6 Å². The highest BCUT2D eigenvalue weighted by molar-refractivity contribution is 6.08. The number of nitrogens with two attached hydrogens (primary N) is 2. The molecule has 0 saturated heterocycles. The molecule has 7 N–H and O–H groups in total. The molecular weight excluding hydrogens is 418 g/mol. The molecule has 0 aromatic carbocycles. The normalized spacial score (nSPS) is 11.3. The van der Waals surface area contributed by atoms with Gasteiger partial charge in [-0.2, -0.15) is 0 Å². The summed E-state index contributed by atoms with van der Waals surface area (Å²) in [5, 5.41) is 19.7. The van der Waals surface area contributed by atoms with Crippen LogP contribution in [0.2, 0.25) is 0 Å². The average molecular weight is 435 g/mol. The number of carbonyl (C=O) groups excluding carboxylic acids is 3. The maximum atomic E-state index is 12.3. The molecule has 0 aromatic rings. The van der Waals surface area contributed by atoms with E-state index in [1.54, 1.807) is 5.32 Å². The van der Waals surface area contributed by atoms with Gasteiger partial charge in [0.2, 0.25) is 5.91 Å². The van der Waals surface area contributed by atoms with Crippen LogP contribution in [0.1, 0.15) is 18.4 Å². The number of primary amides is 1. The van der Waals surface area contributed by atoms with E-state index in [-0.39, 0.29) is 29.0 Å². The summed E-state index contributed by atoms with van der Waals surface area (Å²) in [6.07, 6.45) is -3.45. The first-order chi connectivity index (χ1) is 14.6. The summed E-state index contributed by atoms with van der Waals surface area (Å²) in [6.45, 7) is 1.45. The van der Waals surface area contributed by atoms with E-state index in [4.69, 9.17) is 26.4 Å². The van der Waals surface area contributed by atoms with Crippen molar-refractivity contribution in [2.45, 2.75) is 12.8 Å². The van der Waals surface area contributed by atoms with Crippen LogP contribution in [0.25, 0.3) is 11.1 Å². The monoisotopic (exact) mass is 435 g/mol. The summed E-state index contributed by atoms with van der Waals surface area (Å²) in [5.41, 5.74) is 10.4. The molecule has 13 nitrogen and oxygen atoms in total. The van der Waals surface area contributed by atoms with Gasteiger partial charge >= 0.3 is 24.3 Å². The zero-order valence-corrected chi connectivity index (χ0v) is 15.9. The fraction of sp³-hybridized carbons (Fsp3) is 0.167. The number of urea groups is 1. The van der Waals surface area contributed by atoms with Gasteiger partial charge < -0.3 is 35.9 Å². The van der Waals surface area contributed by atoms with Crippen molar-refractivity contribution in [3.63, 3.8) is 0 Å². The van der Waals surface area contributed by atoms with Gasteiger partial charge in [0.1, 0.15) is 5.69 Å². The third kappa shape index (κ3) is 5.09. The SMILES string of the molecule is CCOC(=O)C(C(=O)NC(N)=O)c1ccc2c(OC(=O)O)c(N)c(OC(=O)O)c-2cc1. The van der Waals surface area contributed by atoms with E-state index in [1.807, 2.05) is 0 Å². The summed E-state index contributed by atoms with van der Waals surface area (Å²) in [5.74, 6) is -4.49. The number of rotatable bonds is 6. The van der Waals surface area contributed by atoms with Crippen LogP contribution in [-0.2, 0) is 14.3 Å². The van der Waals surface area contributed by atoms with E-state index in [9.17, 15) is 24.0 Å². The molecule has 2 aliphatic rings. The summed E-state index contributed by atoms with van der Waals surface area (Å²) in [7, 11) is 0. The van der Waals surface area contributed by atoms with E-state index in [2.05, 4.69) is 9.47 Å². The Morgan fingerprint density at radius 1 is 0.968 bits per heavy atom. The number of hydrogen-bond donors (Lipinski definition) is 5. The van der Waals surface area contributed by atoms with Gasteiger partial charge in [0, 0.05) is 11.1 Å². The fourth-order valence-electron chi connectivity index (χ4n) is 2.78. The minimum atomic E-state index is -1.72. The first-order valence-electron chi connectivity index (χ1n) is 8.50. The van der Waals surface area contributed by atoms with Gasteiger partial charge in [-0.05, 0) is 12.5 Å². The molecule has 0 fully saturated rings. The molecule has 0 spiro atoms. The third-order valence-corrected chi connectivity index (χ3v) is 3.90. The topological polar surface area (TPSA) is 218 Å². The summed E-state index contributed by atoms with van der Waals surface area (Å²) in [6, 6.07) is 3.75. The molecule has 3 amide bonds. The van der Waals surface area contributed by atoms with Crippen molar-refractivity contribution in [1.82, 2.24) is 5.32 Å². The van der Waals surface area contributed by atoms with E-state index in [1.165, 1.54) is 31.2 Å². The zero-order chi connectivity index (χ0) is 23.3. The first kappa shape index (κ1) is 22.7. The van der Waals surface area contributed by atoms with Crippen LogP contribution >= 0.6 is 0 Å². The molecule has 1 atom stereocenters. The van der Waals surface area contributed by atoms with E-state index in [0.29, 0.717) is 0 Å². The van der Waals surface area contributed by atoms with Crippen molar-refractivity contribution < 1.29 is 48.4 Å². The van der Waals surface area contributed by atoms with Crippen molar-refractivity contribution in [1.29, 1.82) is 0 Å². The molecule has 0 radical (unpaired) electrons. The molecule has 2 rings (SSSR count). The molecule has 164 valence electrons. The van der Waals surface area contributed by atoms with Crippen LogP contribution in [0.5, 0.6) is 11.5 Å². The van der Waals surface area contributed by atoms with Gasteiger partial charge in [0.05, 0.1) is 6.61 Å². The lowest BCUT2D eigenvalue weighted by atomic mass is 10.00. The maximum absolute atomic E-state index is 12.3. The van der Waals surface area contributed by atoms with Gasteiger partial charge in [0.25, 0.3) is 0 Å². The minimum absolute atomic E-state index is 0.00882. The van der Waals surface area contributed by atoms with Crippen LogP contribution < -0.4 is 26.3 Å². The number of fused-ring (bicyclic) bond motifs is 1. The lowest BCUT2D eigenvalue weighted by Crippen LogP contribution is -2.41. The number of amides is 3. The fourth-order valence-corrected chi connectivity index (χ4v) is 2.78. The van der Waals surface area contributed by atoms with Crippen LogP contribution in [0.4, 0.5) is 20.1 Å². The van der Waals surface area contributed by atoms with Crippen molar-refractivity contribution in [2.75, 3.05) is 12.3 Å². The smallest absolute Gasteiger partial charge is 0.465 e. The van der Waals surface area contributed by atoms with Crippen molar-refractivity contribution >= 4 is 35.9 Å². The Morgan fingerprint density at radius 3 is 1.84 bits per heavy atom. The lowest BCUT2D eigenvalue weighted by Gasteiger charge is -2.13. The van der Waals surface area contributed by atoms with Crippen LogP contribution in [-0.4, -0.2) is 47.0 Å². The Bertz CT molecular complexity index is 982. The predicted octanol–water partition coefficient (Wildman–Crippen LogP) is 1.33. The Hall–Kier alpha value is -4.55. The number of hydrogen-bond acceptors (Lipinski definition) is 9. The molecule has 1 unspecified atom stereocenters. The highest BCUT2D eigenvalue weighted by Crippen LogP contribution is 2.50. The largest absolute Gasteiger partial charge is 0.511 e. The molecule has 0 bridgehead atoms. The molecule has 0 heterocycles. The van der Waals surface area contributed by atoms with Gasteiger partial charge in [-0.25, -0.2) is 14.4 Å². The van der Waals surface area contributed by atoms with Crippen molar-refractivity contribution in [2.24, 2.45) is 5.73 Å². The zero-order valence-electron chi connectivity index (χ0n) is 15.9. The number of nitrogen functional groups attached to an aromatic ring is 1. The number of carboxylic acid groups (broad SMARTS) is 2. The number of carbonyl (C=O) groups is 5. The quantitative estimate of drug-likeness (QED) is 0.322. The second kappa shape index (κ2) is 9.30. The van der Waals surface area contributed by atoms with Crippen molar-refractivity contribution in [3.05, 3.63) is 29.8 Å². The van der Waals surface area contributed by atoms with Gasteiger partial charge in [0.15, 0.2) is 17.4 Å². The van der Waals surface area contributed by atoms with Gasteiger partial charge in [-0.15, -0.1) is 0 Å². The summed E-state index contributed by atoms with van der Waals surface area (Å²) < 4.78 is 14.1. The summed E-state index contributed by atoms with van der Waals surface area (Å²) >= 11 is 0. The van der Waals surface area contributed by atoms with Crippen LogP contribution in [0.3, 0.4) is 0 Å². The van der Waals surface area contributed by atoms with E-state index < -0.39 is 47.6 Å². The molecule has 31 heavy (non-hydrogen) atoms. The minimum Gasteiger partial charge on any atom is -0.465 e. The second-order valence-corrected chi connectivity index (χ2v) is 5.84. The maximum Gasteiger partial charge on any atom is 0.511 e. The summed E-state index contributed by atoms with van der Waals surface area (Å²) in [4.78, 5) is 57.7. The number of imide groups is 1. The Kier molecular flexibility index (Phi) is 6.82. The molecule has 0 saturated carbocycles. The predicted molar refractivity (Wildman–Crippen MR) is 102 cm³/mol. The molecule has 2 aliphatic carbocycles. The van der Waals surface area contributed by atoms with E-state index in [0.717, 1.165) is 0 Å². The first-order valence-corrected chi connectivity index (χ1v) is 8.50. The van der Waals surface area contributed by atoms with Gasteiger partial charge in [-0.1, -0.05) is 24.3 Å². The molecule has 0 aromatic heterocycles. The van der Waals surface area contributed by atoms with Gasteiger partial charge in [-0.3, -0.25) is 14.9 Å². The van der Waals surface area contributed by atoms with Crippen LogP contribution in [0, 0.1) is 0 Å². The molecule has 0 aliphatic heterocycles. The Labute approximate surface area is 173 Å². The highest BCUT2D eigenvalue weighted by atomic mass is 16.7. The Balaban J connectivity index is 2.69. The highest BCUT2D eigenvalue weighted by Gasteiger charge is 2.32. The lowest BCUT2D eigenvalue weighted by molar-refractivity contribution is -0.148. The third-order valence-electron chi connectivity index (χ3n) is 3.90. The van der Waals surface area contributed by atoms with E-state index >= 15 is 0 Å². The molecular formula is C18H17N3O10. The number of ether oxygens (including phenoxy) is 3. The second-order valence-electron chi connectivity index (χ2n) is 5.84. The number of esters is 1. The number of anilines is 1. The van der Waals surface area contributed by atoms with Crippen LogP contribution in [0.15, 0.2) is 24.3 Å². The average Bonchev–Trinajstić information content (AvgIpc) is 2.79. The standard InChI is InChI=1S/C18H17N3O10/c1-2-29-15(23)10(14(22)21-16(20)24)7-3-5-8-9(6-4-7)13(31-18(27)28)11(19)12(8)30-17(25)26/h3-6,10H,2,19H2,1H3,(H,25,26)(H,27,28)(H3,20,21,22,24). The number of nitrogens with one attached hydrogen (secondary N) is 1.